The number of hydrogen-bond acceptors (Lipinski definition) is 6. The largest absolute Gasteiger partial charge is 0.393 e. The molecule has 2 aliphatic rings. The summed E-state index contributed by atoms with van der Waals surface area (Å²) in [6.45, 7) is 1.54. The number of hydrogen-bond donors (Lipinski definition) is 4. The number of piperidine rings is 1. The van der Waals surface area contributed by atoms with Crippen molar-refractivity contribution in [1.29, 1.82) is 0 Å². The van der Waals surface area contributed by atoms with Gasteiger partial charge in [0.25, 0.3) is 5.56 Å². The highest BCUT2D eigenvalue weighted by molar-refractivity contribution is 5.98. The molecule has 0 spiro atoms. The maximum atomic E-state index is 15.4. The number of rotatable bonds is 6. The molecular formula is C32H34FN5O3. The quantitative estimate of drug-likeness (QED) is 0.234. The molecule has 1 saturated heterocycles. The van der Waals surface area contributed by atoms with Crippen LogP contribution in [-0.4, -0.2) is 40.2 Å². The van der Waals surface area contributed by atoms with Crippen LogP contribution in [0.5, 0.6) is 0 Å². The summed E-state index contributed by atoms with van der Waals surface area (Å²) in [7, 11) is 0. The van der Waals surface area contributed by atoms with Gasteiger partial charge in [0.2, 0.25) is 5.91 Å². The highest BCUT2D eigenvalue weighted by atomic mass is 19.1. The lowest BCUT2D eigenvalue weighted by atomic mass is 9.88. The Morgan fingerprint density at radius 2 is 1.80 bits per heavy atom. The number of fused-ring (bicyclic) bond motifs is 1. The average Bonchev–Trinajstić information content (AvgIpc) is 2.98. The van der Waals surface area contributed by atoms with Gasteiger partial charge in [-0.15, -0.1) is 0 Å². The molecule has 0 unspecified atom stereocenters. The number of aliphatic hydroxyl groups is 1. The van der Waals surface area contributed by atoms with Crippen molar-refractivity contribution in [2.75, 3.05) is 28.6 Å². The summed E-state index contributed by atoms with van der Waals surface area (Å²) >= 11 is 0. The molecule has 0 atom stereocenters. The Morgan fingerprint density at radius 3 is 2.54 bits per heavy atom. The Morgan fingerprint density at radius 1 is 1.00 bits per heavy atom. The van der Waals surface area contributed by atoms with Gasteiger partial charge in [-0.2, -0.15) is 0 Å². The van der Waals surface area contributed by atoms with E-state index >= 15 is 4.39 Å². The molecule has 0 bridgehead atoms. The van der Waals surface area contributed by atoms with Crippen LogP contribution in [0.1, 0.15) is 44.9 Å². The first-order valence-corrected chi connectivity index (χ1v) is 14.4. The number of amides is 1. The number of nitrogens with zero attached hydrogens (tertiary/aromatic N) is 2. The van der Waals surface area contributed by atoms with Crippen molar-refractivity contribution in [2.24, 2.45) is 5.92 Å². The molecule has 1 saturated carbocycles. The van der Waals surface area contributed by atoms with Crippen molar-refractivity contribution in [3.05, 3.63) is 77.1 Å². The summed E-state index contributed by atoms with van der Waals surface area (Å²) in [6, 6.07) is 13.9. The fourth-order valence-electron chi connectivity index (χ4n) is 5.93. The number of carbonyl (C=O) groups excluding carboxylic acids is 1. The van der Waals surface area contributed by atoms with Crippen molar-refractivity contribution in [1.82, 2.24) is 9.97 Å². The van der Waals surface area contributed by atoms with E-state index in [-0.39, 0.29) is 23.5 Å². The highest BCUT2D eigenvalue weighted by Crippen LogP contribution is 2.34. The van der Waals surface area contributed by atoms with E-state index in [1.165, 1.54) is 6.07 Å². The molecule has 1 amide bonds. The van der Waals surface area contributed by atoms with Crippen LogP contribution in [0.3, 0.4) is 0 Å². The van der Waals surface area contributed by atoms with E-state index < -0.39 is 5.82 Å². The first-order chi connectivity index (χ1) is 19.9. The minimum absolute atomic E-state index is 0.0193. The molecule has 6 rings (SSSR count). The summed E-state index contributed by atoms with van der Waals surface area (Å²) < 4.78 is 15.4. The molecule has 0 radical (unpaired) electrons. The molecule has 2 fully saturated rings. The SMILES string of the molecule is O=C(Nc1ccc(-c2cc(Nc3ccc(N4CCC(O)CC4)cn3)c3c(=O)[nH]ccc3c2)c(F)c1)C1CCCCC1. The van der Waals surface area contributed by atoms with E-state index in [0.717, 1.165) is 63.7 Å². The van der Waals surface area contributed by atoms with Gasteiger partial charge in [-0.3, -0.25) is 9.59 Å². The second kappa shape index (κ2) is 11.7. The molecule has 1 aliphatic heterocycles. The lowest BCUT2D eigenvalue weighted by Gasteiger charge is -2.31. The summed E-state index contributed by atoms with van der Waals surface area (Å²) in [5.74, 6) is 0.0169. The average molecular weight is 556 g/mol. The number of halogens is 1. The van der Waals surface area contributed by atoms with Crippen molar-refractivity contribution in [2.45, 2.75) is 51.0 Å². The molecule has 4 N–H and O–H groups in total. The van der Waals surface area contributed by atoms with Crippen LogP contribution in [0.15, 0.2) is 65.7 Å². The summed E-state index contributed by atoms with van der Waals surface area (Å²) in [5, 5.41) is 17.0. The Bertz CT molecular complexity index is 1610. The van der Waals surface area contributed by atoms with Crippen LogP contribution < -0.4 is 21.1 Å². The van der Waals surface area contributed by atoms with Gasteiger partial charge in [0, 0.05) is 36.5 Å². The number of carbonyl (C=O) groups is 1. The molecule has 3 heterocycles. The highest BCUT2D eigenvalue weighted by Gasteiger charge is 2.22. The standard InChI is InChI=1S/C32H34FN5O3/c33-27-18-23(36-31(40)20-4-2-1-3-5-20)6-8-26(27)22-16-21-10-13-34-32(41)30(21)28(17-22)37-29-9-7-24(19-35-29)38-14-11-25(39)12-15-38/h6-10,13,16-20,25,39H,1-5,11-12,14-15H2,(H,34,41)(H,35,37)(H,36,40). The van der Waals surface area contributed by atoms with Gasteiger partial charge in [-0.05, 0) is 85.2 Å². The Kier molecular flexibility index (Phi) is 7.69. The lowest BCUT2D eigenvalue weighted by Crippen LogP contribution is -2.35. The summed E-state index contributed by atoms with van der Waals surface area (Å²) in [4.78, 5) is 34.9. The maximum Gasteiger partial charge on any atom is 0.257 e. The van der Waals surface area contributed by atoms with Crippen LogP contribution in [0.25, 0.3) is 21.9 Å². The third kappa shape index (κ3) is 5.95. The van der Waals surface area contributed by atoms with Crippen LogP contribution in [0.4, 0.5) is 27.3 Å². The fourth-order valence-corrected chi connectivity index (χ4v) is 5.93. The van der Waals surface area contributed by atoms with E-state index in [1.807, 2.05) is 12.1 Å². The molecule has 2 aromatic heterocycles. The number of pyridine rings is 2. The number of aromatic amines is 1. The van der Waals surface area contributed by atoms with E-state index in [4.69, 9.17) is 0 Å². The topological polar surface area (TPSA) is 110 Å². The van der Waals surface area contributed by atoms with Gasteiger partial charge in [-0.25, -0.2) is 9.37 Å². The predicted octanol–water partition coefficient (Wildman–Crippen LogP) is 5.95. The summed E-state index contributed by atoms with van der Waals surface area (Å²) in [6.07, 6.45) is 9.56. The first kappa shape index (κ1) is 27.0. The number of benzene rings is 2. The van der Waals surface area contributed by atoms with E-state index in [2.05, 4.69) is 25.5 Å². The number of aliphatic hydroxyl groups excluding tert-OH is 1. The zero-order valence-corrected chi connectivity index (χ0v) is 22.8. The molecular weight excluding hydrogens is 521 g/mol. The Hall–Kier alpha value is -4.24. The van der Waals surface area contributed by atoms with Crippen LogP contribution in [-0.2, 0) is 4.79 Å². The van der Waals surface area contributed by atoms with E-state index in [9.17, 15) is 14.7 Å². The third-order valence-corrected chi connectivity index (χ3v) is 8.24. The van der Waals surface area contributed by atoms with Gasteiger partial charge in [0.15, 0.2) is 0 Å². The van der Waals surface area contributed by atoms with Gasteiger partial charge >= 0.3 is 0 Å². The van der Waals surface area contributed by atoms with Crippen LogP contribution in [0.2, 0.25) is 0 Å². The summed E-state index contributed by atoms with van der Waals surface area (Å²) in [5.41, 5.74) is 2.61. The number of nitrogens with one attached hydrogen (secondary N) is 3. The van der Waals surface area contributed by atoms with Crippen LogP contribution >= 0.6 is 0 Å². The van der Waals surface area contributed by atoms with Crippen molar-refractivity contribution in [3.8, 4) is 11.1 Å². The smallest absolute Gasteiger partial charge is 0.257 e. The predicted molar refractivity (Wildman–Crippen MR) is 160 cm³/mol. The minimum Gasteiger partial charge on any atom is -0.393 e. The molecule has 2 aromatic carbocycles. The van der Waals surface area contributed by atoms with Crippen molar-refractivity contribution in [3.63, 3.8) is 0 Å². The van der Waals surface area contributed by atoms with Crippen LogP contribution in [0, 0.1) is 11.7 Å². The number of anilines is 4. The zero-order chi connectivity index (χ0) is 28.3. The zero-order valence-electron chi connectivity index (χ0n) is 22.8. The second-order valence-electron chi connectivity index (χ2n) is 11.1. The van der Waals surface area contributed by atoms with Crippen molar-refractivity contribution < 1.29 is 14.3 Å². The third-order valence-electron chi connectivity index (χ3n) is 8.24. The van der Waals surface area contributed by atoms with Gasteiger partial charge in [0.05, 0.1) is 29.1 Å². The minimum atomic E-state index is -0.462. The molecule has 4 aromatic rings. The normalized spacial score (nSPS) is 16.6. The van der Waals surface area contributed by atoms with Gasteiger partial charge in [0.1, 0.15) is 11.6 Å². The molecule has 212 valence electrons. The molecule has 41 heavy (non-hydrogen) atoms. The molecule has 8 nitrogen and oxygen atoms in total. The van der Waals surface area contributed by atoms with Gasteiger partial charge in [-0.1, -0.05) is 19.3 Å². The van der Waals surface area contributed by atoms with E-state index in [0.29, 0.717) is 39.1 Å². The second-order valence-corrected chi connectivity index (χ2v) is 11.1. The van der Waals surface area contributed by atoms with E-state index in [1.54, 1.807) is 42.7 Å². The molecule has 1 aliphatic carbocycles. The Balaban J connectivity index is 1.27. The van der Waals surface area contributed by atoms with Crippen molar-refractivity contribution >= 4 is 39.6 Å². The number of H-pyrrole nitrogens is 1. The first-order valence-electron chi connectivity index (χ1n) is 14.4. The lowest BCUT2D eigenvalue weighted by molar-refractivity contribution is -0.120. The molecule has 9 heteroatoms. The fraction of sp³-hybridized carbons (Fsp3) is 0.344. The Labute approximate surface area is 237 Å². The maximum absolute atomic E-state index is 15.4. The number of aromatic nitrogens is 2. The van der Waals surface area contributed by atoms with Gasteiger partial charge < -0.3 is 25.6 Å². The monoisotopic (exact) mass is 555 g/mol.